The lowest BCUT2D eigenvalue weighted by Gasteiger charge is -2.07. The van der Waals surface area contributed by atoms with Crippen molar-refractivity contribution in [2.75, 3.05) is 86.4 Å². The molecule has 0 spiro atoms. The summed E-state index contributed by atoms with van der Waals surface area (Å²) in [4.78, 5) is 0. The Balaban J connectivity index is 2.90. The lowest BCUT2D eigenvalue weighted by atomic mass is 10.5. The van der Waals surface area contributed by atoms with Crippen molar-refractivity contribution < 1.29 is 33.5 Å². The van der Waals surface area contributed by atoms with Gasteiger partial charge in [-0.3, -0.25) is 0 Å². The summed E-state index contributed by atoms with van der Waals surface area (Å²) in [7, 11) is 1.65. The highest BCUT2D eigenvalue weighted by Gasteiger charge is 1.93. The smallest absolute Gasteiger partial charge is 0.0701 e. The summed E-state index contributed by atoms with van der Waals surface area (Å²) < 4.78 is 31.2. The molecule has 128 valence electrons. The number of hydrogen-bond donors (Lipinski definition) is 1. The number of methoxy groups -OCH3 is 1. The molecule has 0 unspecified atom stereocenters. The van der Waals surface area contributed by atoms with E-state index in [0.717, 1.165) is 6.42 Å². The van der Waals surface area contributed by atoms with Gasteiger partial charge >= 0.3 is 0 Å². The van der Waals surface area contributed by atoms with E-state index in [1.54, 1.807) is 7.11 Å². The molecule has 0 aromatic rings. The first kappa shape index (κ1) is 20.7. The summed E-state index contributed by atoms with van der Waals surface area (Å²) in [6.07, 6.45) is 0.847. The molecular formula is C14H30O7. The molecule has 7 nitrogen and oxygen atoms in total. The van der Waals surface area contributed by atoms with Crippen LogP contribution in [-0.4, -0.2) is 91.5 Å². The second-order valence-electron chi connectivity index (χ2n) is 4.13. The van der Waals surface area contributed by atoms with Gasteiger partial charge in [-0.2, -0.15) is 0 Å². The molecule has 1 N–H and O–H groups in total. The molecule has 0 aliphatic carbocycles. The fourth-order valence-electron chi connectivity index (χ4n) is 1.33. The first-order valence-corrected chi connectivity index (χ1v) is 7.40. The van der Waals surface area contributed by atoms with Crippen LogP contribution in [0.4, 0.5) is 0 Å². The monoisotopic (exact) mass is 310 g/mol. The van der Waals surface area contributed by atoms with Crippen LogP contribution in [0.2, 0.25) is 0 Å². The van der Waals surface area contributed by atoms with Crippen LogP contribution >= 0.6 is 0 Å². The zero-order valence-electron chi connectivity index (χ0n) is 13.1. The average Bonchev–Trinajstić information content (AvgIpc) is 2.50. The van der Waals surface area contributed by atoms with Crippen LogP contribution in [-0.2, 0) is 28.4 Å². The highest BCUT2D eigenvalue weighted by atomic mass is 16.6. The highest BCUT2D eigenvalue weighted by Crippen LogP contribution is 1.87. The average molecular weight is 310 g/mol. The van der Waals surface area contributed by atoms with Gasteiger partial charge in [-0.15, -0.1) is 0 Å². The fourth-order valence-corrected chi connectivity index (χ4v) is 1.33. The number of ether oxygens (including phenoxy) is 6. The summed E-state index contributed by atoms with van der Waals surface area (Å²) >= 11 is 0. The van der Waals surface area contributed by atoms with Crippen LogP contribution in [0.3, 0.4) is 0 Å². The molecule has 0 heterocycles. The first-order valence-electron chi connectivity index (χ1n) is 7.40. The minimum Gasteiger partial charge on any atom is -0.394 e. The SMILES string of the molecule is COCCOCCOCCOCCCOCCOCCO. The summed E-state index contributed by atoms with van der Waals surface area (Å²) in [5, 5.41) is 8.49. The lowest BCUT2D eigenvalue weighted by Crippen LogP contribution is -2.12. The Morgan fingerprint density at radius 1 is 0.524 bits per heavy atom. The third kappa shape index (κ3) is 19.7. The lowest BCUT2D eigenvalue weighted by molar-refractivity contribution is -0.00240. The van der Waals surface area contributed by atoms with Crippen LogP contribution in [0.15, 0.2) is 0 Å². The predicted molar refractivity (Wildman–Crippen MR) is 77.7 cm³/mol. The van der Waals surface area contributed by atoms with Crippen molar-refractivity contribution in [2.24, 2.45) is 0 Å². The quantitative estimate of drug-likeness (QED) is 0.360. The maximum Gasteiger partial charge on any atom is 0.0701 e. The molecule has 0 saturated carbocycles. The largest absolute Gasteiger partial charge is 0.394 e. The Kier molecular flexibility index (Phi) is 19.5. The van der Waals surface area contributed by atoms with E-state index in [0.29, 0.717) is 72.7 Å². The Hall–Kier alpha value is -0.280. The summed E-state index contributed by atoms with van der Waals surface area (Å²) in [5.74, 6) is 0. The van der Waals surface area contributed by atoms with Gasteiger partial charge in [0.05, 0.1) is 66.1 Å². The standard InChI is InChI=1S/C14H30O7/c1-16-7-8-20-13-14-21-12-10-18-5-2-4-17-9-11-19-6-3-15/h15H,2-14H2,1H3. The van der Waals surface area contributed by atoms with Gasteiger partial charge in [-0.25, -0.2) is 0 Å². The third-order valence-electron chi connectivity index (χ3n) is 2.36. The molecule has 0 aliphatic rings. The van der Waals surface area contributed by atoms with Gasteiger partial charge in [-0.05, 0) is 6.42 Å². The second kappa shape index (κ2) is 19.7. The summed E-state index contributed by atoms with van der Waals surface area (Å²) in [5.41, 5.74) is 0. The highest BCUT2D eigenvalue weighted by molar-refractivity contribution is 4.38. The molecule has 0 aromatic heterocycles. The van der Waals surface area contributed by atoms with Crippen molar-refractivity contribution in [1.82, 2.24) is 0 Å². The number of aliphatic hydroxyl groups is 1. The van der Waals surface area contributed by atoms with Crippen molar-refractivity contribution in [1.29, 1.82) is 0 Å². The van der Waals surface area contributed by atoms with Gasteiger partial charge in [0.2, 0.25) is 0 Å². The van der Waals surface area contributed by atoms with Crippen LogP contribution < -0.4 is 0 Å². The van der Waals surface area contributed by atoms with Crippen molar-refractivity contribution in [3.05, 3.63) is 0 Å². The molecule has 0 atom stereocenters. The van der Waals surface area contributed by atoms with E-state index in [1.165, 1.54) is 0 Å². The molecule has 0 fully saturated rings. The molecule has 0 radical (unpaired) electrons. The van der Waals surface area contributed by atoms with Gasteiger partial charge in [0.15, 0.2) is 0 Å². The van der Waals surface area contributed by atoms with E-state index in [4.69, 9.17) is 33.5 Å². The van der Waals surface area contributed by atoms with Crippen LogP contribution in [0, 0.1) is 0 Å². The van der Waals surface area contributed by atoms with E-state index in [-0.39, 0.29) is 6.61 Å². The van der Waals surface area contributed by atoms with Crippen molar-refractivity contribution >= 4 is 0 Å². The zero-order chi connectivity index (χ0) is 15.4. The van der Waals surface area contributed by atoms with E-state index < -0.39 is 0 Å². The summed E-state index contributed by atoms with van der Waals surface area (Å²) in [6.45, 7) is 6.30. The number of rotatable bonds is 18. The molecule has 7 heteroatoms. The Labute approximate surface area is 127 Å². The van der Waals surface area contributed by atoms with Gasteiger partial charge in [0, 0.05) is 20.3 Å². The number of aliphatic hydroxyl groups excluding tert-OH is 1. The second-order valence-corrected chi connectivity index (χ2v) is 4.13. The van der Waals surface area contributed by atoms with Crippen LogP contribution in [0.5, 0.6) is 0 Å². The van der Waals surface area contributed by atoms with E-state index in [9.17, 15) is 0 Å². The normalized spacial score (nSPS) is 11.1. The minimum absolute atomic E-state index is 0.0508. The molecule has 0 aromatic carbocycles. The maximum atomic E-state index is 8.49. The fraction of sp³-hybridized carbons (Fsp3) is 1.00. The first-order chi connectivity index (χ1) is 10.4. The van der Waals surface area contributed by atoms with Gasteiger partial charge in [-0.1, -0.05) is 0 Å². The summed E-state index contributed by atoms with van der Waals surface area (Å²) in [6, 6.07) is 0. The van der Waals surface area contributed by atoms with Crippen molar-refractivity contribution in [3.8, 4) is 0 Å². The van der Waals surface area contributed by atoms with Gasteiger partial charge < -0.3 is 33.5 Å². The molecule has 0 rings (SSSR count). The van der Waals surface area contributed by atoms with Crippen molar-refractivity contribution in [2.45, 2.75) is 6.42 Å². The molecule has 0 saturated heterocycles. The number of hydrogen-bond acceptors (Lipinski definition) is 7. The van der Waals surface area contributed by atoms with Crippen LogP contribution in [0.1, 0.15) is 6.42 Å². The molecule has 21 heavy (non-hydrogen) atoms. The molecule has 0 amide bonds. The van der Waals surface area contributed by atoms with Crippen LogP contribution in [0.25, 0.3) is 0 Å². The zero-order valence-corrected chi connectivity index (χ0v) is 13.1. The van der Waals surface area contributed by atoms with Gasteiger partial charge in [0.1, 0.15) is 0 Å². The third-order valence-corrected chi connectivity index (χ3v) is 2.36. The molecule has 0 bridgehead atoms. The van der Waals surface area contributed by atoms with Gasteiger partial charge in [0.25, 0.3) is 0 Å². The predicted octanol–water partition coefficient (Wildman–Crippen LogP) is 0.0982. The Morgan fingerprint density at radius 3 is 1.33 bits per heavy atom. The Bertz CT molecular complexity index is 163. The molecular weight excluding hydrogens is 280 g/mol. The molecule has 0 aliphatic heterocycles. The minimum atomic E-state index is 0.0508. The van der Waals surface area contributed by atoms with E-state index >= 15 is 0 Å². The van der Waals surface area contributed by atoms with E-state index in [1.807, 2.05) is 0 Å². The van der Waals surface area contributed by atoms with Crippen molar-refractivity contribution in [3.63, 3.8) is 0 Å². The maximum absolute atomic E-state index is 8.49. The topological polar surface area (TPSA) is 75.6 Å². The van der Waals surface area contributed by atoms with E-state index in [2.05, 4.69) is 0 Å². The Morgan fingerprint density at radius 2 is 0.905 bits per heavy atom.